The second-order valence-electron chi connectivity index (χ2n) is 3.62. The van der Waals surface area contributed by atoms with Crippen LogP contribution in [0.2, 0.25) is 5.02 Å². The van der Waals surface area contributed by atoms with Crippen molar-refractivity contribution < 1.29 is 8.42 Å². The van der Waals surface area contributed by atoms with Crippen LogP contribution in [0.3, 0.4) is 0 Å². The molecule has 2 rings (SSSR count). The molecule has 4 N–H and O–H groups in total. The number of benzene rings is 1. The normalized spacial score (nSPS) is 11.7. The van der Waals surface area contributed by atoms with Crippen LogP contribution in [0.15, 0.2) is 23.1 Å². The van der Waals surface area contributed by atoms with Crippen molar-refractivity contribution in [1.82, 2.24) is 25.3 Å². The average molecular weight is 303 g/mol. The van der Waals surface area contributed by atoms with E-state index in [1.54, 1.807) is 6.07 Å². The Balaban J connectivity index is 2.23. The number of H-pyrrole nitrogens is 1. The summed E-state index contributed by atoms with van der Waals surface area (Å²) in [4.78, 5) is -0.0272. The predicted octanol–water partition coefficient (Wildman–Crippen LogP) is -0.210. The fourth-order valence-electron chi connectivity index (χ4n) is 1.38. The van der Waals surface area contributed by atoms with Gasteiger partial charge in [-0.3, -0.25) is 0 Å². The molecule has 8 nitrogen and oxygen atoms in total. The molecular weight excluding hydrogens is 292 g/mol. The molecule has 0 aliphatic heterocycles. The lowest BCUT2D eigenvalue weighted by Gasteiger charge is -2.08. The van der Waals surface area contributed by atoms with Crippen molar-refractivity contribution in [2.75, 3.05) is 0 Å². The molecular formula is C9H11ClN6O2S. The van der Waals surface area contributed by atoms with Gasteiger partial charge in [-0.25, -0.2) is 13.1 Å². The van der Waals surface area contributed by atoms with Crippen molar-refractivity contribution in [2.24, 2.45) is 5.73 Å². The molecule has 19 heavy (non-hydrogen) atoms. The van der Waals surface area contributed by atoms with Crippen LogP contribution in [0.5, 0.6) is 0 Å². The van der Waals surface area contributed by atoms with E-state index in [0.717, 1.165) is 0 Å². The smallest absolute Gasteiger partial charge is 0.242 e. The lowest BCUT2D eigenvalue weighted by atomic mass is 10.2. The molecule has 0 radical (unpaired) electrons. The summed E-state index contributed by atoms with van der Waals surface area (Å²) in [7, 11) is -3.76. The molecule has 2 aromatic rings. The van der Waals surface area contributed by atoms with E-state index in [4.69, 9.17) is 17.3 Å². The minimum atomic E-state index is -3.76. The van der Waals surface area contributed by atoms with E-state index >= 15 is 0 Å². The van der Waals surface area contributed by atoms with Crippen LogP contribution in [-0.4, -0.2) is 29.0 Å². The van der Waals surface area contributed by atoms with Gasteiger partial charge in [0.25, 0.3) is 0 Å². The van der Waals surface area contributed by atoms with Crippen LogP contribution in [-0.2, 0) is 23.1 Å². The summed E-state index contributed by atoms with van der Waals surface area (Å²) < 4.78 is 26.5. The van der Waals surface area contributed by atoms with E-state index in [1.807, 2.05) is 0 Å². The predicted molar refractivity (Wildman–Crippen MR) is 67.5 cm³/mol. The van der Waals surface area contributed by atoms with E-state index in [9.17, 15) is 8.42 Å². The van der Waals surface area contributed by atoms with Crippen LogP contribution in [0.25, 0.3) is 0 Å². The second kappa shape index (κ2) is 5.61. The number of hydrogen-bond acceptors (Lipinski definition) is 6. The second-order valence-corrected chi connectivity index (χ2v) is 5.76. The quantitative estimate of drug-likeness (QED) is 0.701. The molecule has 0 fully saturated rings. The fourth-order valence-corrected chi connectivity index (χ4v) is 2.90. The zero-order valence-corrected chi connectivity index (χ0v) is 11.2. The topological polar surface area (TPSA) is 127 Å². The van der Waals surface area contributed by atoms with Crippen LogP contribution in [0, 0.1) is 0 Å². The van der Waals surface area contributed by atoms with E-state index in [2.05, 4.69) is 25.3 Å². The molecule has 10 heteroatoms. The standard InChI is InChI=1S/C9H11ClN6O2S/c10-7-2-1-6(4-11)3-8(7)19(17,18)12-5-9-13-15-16-14-9/h1-3,12H,4-5,11H2,(H,13,14,15,16). The number of aromatic nitrogens is 4. The SMILES string of the molecule is NCc1ccc(Cl)c(S(=O)(=O)NCc2nn[nH]n2)c1. The summed E-state index contributed by atoms with van der Waals surface area (Å²) in [6.07, 6.45) is 0. The summed E-state index contributed by atoms with van der Waals surface area (Å²) in [5, 5.41) is 13.0. The molecule has 0 saturated carbocycles. The maximum atomic E-state index is 12.1. The minimum absolute atomic E-state index is 0.0272. The average Bonchev–Trinajstić information content (AvgIpc) is 2.90. The molecule has 0 unspecified atom stereocenters. The summed E-state index contributed by atoms with van der Waals surface area (Å²) >= 11 is 5.89. The zero-order valence-electron chi connectivity index (χ0n) is 9.67. The number of halogens is 1. The molecule has 0 aliphatic carbocycles. The van der Waals surface area contributed by atoms with Gasteiger partial charge < -0.3 is 5.73 Å². The van der Waals surface area contributed by atoms with Gasteiger partial charge in [-0.1, -0.05) is 22.9 Å². The first-order chi connectivity index (χ1) is 9.03. The Morgan fingerprint density at radius 1 is 1.42 bits per heavy atom. The highest BCUT2D eigenvalue weighted by Gasteiger charge is 2.18. The number of nitrogens with two attached hydrogens (primary N) is 1. The van der Waals surface area contributed by atoms with Gasteiger partial charge in [0.1, 0.15) is 4.90 Å². The van der Waals surface area contributed by atoms with Crippen molar-refractivity contribution >= 4 is 21.6 Å². The van der Waals surface area contributed by atoms with Crippen LogP contribution in [0.4, 0.5) is 0 Å². The maximum absolute atomic E-state index is 12.1. The van der Waals surface area contributed by atoms with Gasteiger partial charge in [0.2, 0.25) is 10.0 Å². The molecule has 0 spiro atoms. The highest BCUT2D eigenvalue weighted by atomic mass is 35.5. The number of nitrogens with one attached hydrogen (secondary N) is 2. The first-order valence-corrected chi connectivity index (χ1v) is 7.09. The van der Waals surface area contributed by atoms with Crippen LogP contribution < -0.4 is 10.5 Å². The molecule has 1 heterocycles. The Morgan fingerprint density at radius 2 is 2.21 bits per heavy atom. The monoisotopic (exact) mass is 302 g/mol. The van der Waals surface area contributed by atoms with Gasteiger partial charge >= 0.3 is 0 Å². The Bertz CT molecular complexity index is 657. The Morgan fingerprint density at radius 3 is 2.84 bits per heavy atom. The van der Waals surface area contributed by atoms with Crippen molar-refractivity contribution in [3.8, 4) is 0 Å². The first-order valence-electron chi connectivity index (χ1n) is 5.23. The number of nitrogens with zero attached hydrogens (tertiary/aromatic N) is 3. The minimum Gasteiger partial charge on any atom is -0.326 e. The molecule has 1 aromatic carbocycles. The molecule has 0 amide bonds. The third kappa shape index (κ3) is 3.26. The summed E-state index contributed by atoms with van der Waals surface area (Å²) in [5.74, 6) is 0.231. The summed E-state index contributed by atoms with van der Waals surface area (Å²) in [6, 6.07) is 4.59. The summed E-state index contributed by atoms with van der Waals surface area (Å²) in [5.41, 5.74) is 6.14. The molecule has 0 aliphatic rings. The first kappa shape index (κ1) is 13.9. The number of tetrazole rings is 1. The van der Waals surface area contributed by atoms with E-state index in [1.165, 1.54) is 12.1 Å². The number of hydrogen-bond donors (Lipinski definition) is 3. The number of sulfonamides is 1. The van der Waals surface area contributed by atoms with Gasteiger partial charge in [0.15, 0.2) is 5.82 Å². The molecule has 0 saturated heterocycles. The van der Waals surface area contributed by atoms with Gasteiger partial charge in [0.05, 0.1) is 11.6 Å². The lowest BCUT2D eigenvalue weighted by molar-refractivity contribution is 0.579. The molecule has 0 atom stereocenters. The van der Waals surface area contributed by atoms with E-state index in [-0.39, 0.29) is 28.8 Å². The van der Waals surface area contributed by atoms with Crippen molar-refractivity contribution in [2.45, 2.75) is 18.0 Å². The van der Waals surface area contributed by atoms with Gasteiger partial charge in [-0.05, 0) is 17.7 Å². The van der Waals surface area contributed by atoms with E-state index in [0.29, 0.717) is 5.56 Å². The Labute approximate surface area is 114 Å². The molecule has 0 bridgehead atoms. The summed E-state index contributed by atoms with van der Waals surface area (Å²) in [6.45, 7) is 0.145. The third-order valence-electron chi connectivity index (χ3n) is 2.33. The van der Waals surface area contributed by atoms with Crippen LogP contribution >= 0.6 is 11.6 Å². The maximum Gasteiger partial charge on any atom is 0.242 e. The Kier molecular flexibility index (Phi) is 4.10. The fraction of sp³-hybridized carbons (Fsp3) is 0.222. The van der Waals surface area contributed by atoms with Crippen molar-refractivity contribution in [1.29, 1.82) is 0 Å². The van der Waals surface area contributed by atoms with Crippen molar-refractivity contribution in [3.05, 3.63) is 34.6 Å². The lowest BCUT2D eigenvalue weighted by Crippen LogP contribution is -2.24. The number of aromatic amines is 1. The van der Waals surface area contributed by atoms with Crippen LogP contribution in [0.1, 0.15) is 11.4 Å². The molecule has 1 aromatic heterocycles. The van der Waals surface area contributed by atoms with Gasteiger partial charge in [0, 0.05) is 6.54 Å². The Hall–Kier alpha value is -1.55. The van der Waals surface area contributed by atoms with Gasteiger partial charge in [-0.2, -0.15) is 5.21 Å². The third-order valence-corrected chi connectivity index (χ3v) is 4.21. The highest BCUT2D eigenvalue weighted by molar-refractivity contribution is 7.89. The van der Waals surface area contributed by atoms with Crippen molar-refractivity contribution in [3.63, 3.8) is 0 Å². The van der Waals surface area contributed by atoms with Gasteiger partial charge in [-0.15, -0.1) is 10.2 Å². The number of rotatable bonds is 5. The highest BCUT2D eigenvalue weighted by Crippen LogP contribution is 2.22. The largest absolute Gasteiger partial charge is 0.326 e. The molecule has 102 valence electrons. The zero-order chi connectivity index (χ0) is 13.9. The van der Waals surface area contributed by atoms with E-state index < -0.39 is 10.0 Å².